The standard InChI is InChI=1S/C22H21NO/c1-12-10-11-19(18-9-7-6-8-17(12)18)22-23-20-15(4)13(2)14(3)16(5)21(20)24-22/h6-11H,1-5H3. The minimum absolute atomic E-state index is 0.706. The normalized spacial score (nSPS) is 11.5. The van der Waals surface area contributed by atoms with Gasteiger partial charge in [-0.2, -0.15) is 0 Å². The van der Waals surface area contributed by atoms with Gasteiger partial charge in [0, 0.05) is 5.56 Å². The molecular formula is C22H21NO. The second-order valence-electron chi connectivity index (χ2n) is 6.67. The molecule has 0 saturated carbocycles. The fourth-order valence-corrected chi connectivity index (χ4v) is 3.49. The number of nitrogens with zero attached hydrogens (tertiary/aromatic N) is 1. The van der Waals surface area contributed by atoms with Crippen LogP contribution in [-0.2, 0) is 0 Å². The predicted octanol–water partition coefficient (Wildman–Crippen LogP) is 6.19. The zero-order chi connectivity index (χ0) is 17.0. The van der Waals surface area contributed by atoms with Crippen molar-refractivity contribution < 1.29 is 4.42 Å². The molecule has 4 aromatic rings. The van der Waals surface area contributed by atoms with Crippen molar-refractivity contribution in [3.63, 3.8) is 0 Å². The highest BCUT2D eigenvalue weighted by Gasteiger charge is 2.17. The summed E-state index contributed by atoms with van der Waals surface area (Å²) in [6, 6.07) is 12.7. The SMILES string of the molecule is Cc1c(C)c(C)c2oc(-c3ccc(C)c4ccccc34)nc2c1C. The van der Waals surface area contributed by atoms with E-state index < -0.39 is 0 Å². The maximum atomic E-state index is 6.24. The average Bonchev–Trinajstić information content (AvgIpc) is 3.04. The number of aryl methyl sites for hydroxylation is 3. The number of rotatable bonds is 1. The van der Waals surface area contributed by atoms with Crippen LogP contribution in [0.1, 0.15) is 27.8 Å². The van der Waals surface area contributed by atoms with E-state index >= 15 is 0 Å². The molecular weight excluding hydrogens is 294 g/mol. The highest BCUT2D eigenvalue weighted by molar-refractivity contribution is 5.98. The molecule has 0 radical (unpaired) electrons. The van der Waals surface area contributed by atoms with Crippen molar-refractivity contribution in [2.24, 2.45) is 0 Å². The van der Waals surface area contributed by atoms with Crippen LogP contribution in [0.5, 0.6) is 0 Å². The van der Waals surface area contributed by atoms with Gasteiger partial charge in [0.2, 0.25) is 5.89 Å². The molecule has 0 atom stereocenters. The van der Waals surface area contributed by atoms with Gasteiger partial charge >= 0.3 is 0 Å². The first-order valence-electron chi connectivity index (χ1n) is 8.34. The summed E-state index contributed by atoms with van der Waals surface area (Å²) in [4.78, 5) is 4.86. The second kappa shape index (κ2) is 5.20. The number of hydrogen-bond acceptors (Lipinski definition) is 2. The average molecular weight is 315 g/mol. The minimum atomic E-state index is 0.706. The third kappa shape index (κ3) is 1.99. The Bertz CT molecular complexity index is 1060. The van der Waals surface area contributed by atoms with Gasteiger partial charge in [-0.25, -0.2) is 4.98 Å². The summed E-state index contributed by atoms with van der Waals surface area (Å²) in [7, 11) is 0. The minimum Gasteiger partial charge on any atom is -0.436 e. The maximum Gasteiger partial charge on any atom is 0.227 e. The lowest BCUT2D eigenvalue weighted by atomic mass is 9.98. The highest BCUT2D eigenvalue weighted by Crippen LogP contribution is 2.35. The Labute approximate surface area is 142 Å². The van der Waals surface area contributed by atoms with Gasteiger partial charge in [0.15, 0.2) is 5.58 Å². The highest BCUT2D eigenvalue weighted by atomic mass is 16.3. The van der Waals surface area contributed by atoms with Crippen LogP contribution in [-0.4, -0.2) is 4.98 Å². The first-order chi connectivity index (χ1) is 11.5. The first-order valence-corrected chi connectivity index (χ1v) is 8.34. The maximum absolute atomic E-state index is 6.24. The Hall–Kier alpha value is -2.61. The number of benzene rings is 3. The van der Waals surface area contributed by atoms with E-state index in [9.17, 15) is 0 Å². The largest absolute Gasteiger partial charge is 0.436 e. The van der Waals surface area contributed by atoms with Crippen LogP contribution in [0.4, 0.5) is 0 Å². The van der Waals surface area contributed by atoms with E-state index in [1.165, 1.54) is 38.6 Å². The smallest absolute Gasteiger partial charge is 0.227 e. The van der Waals surface area contributed by atoms with E-state index in [4.69, 9.17) is 9.40 Å². The Morgan fingerprint density at radius 3 is 2.12 bits per heavy atom. The quantitative estimate of drug-likeness (QED) is 0.418. The van der Waals surface area contributed by atoms with Crippen molar-refractivity contribution in [1.29, 1.82) is 0 Å². The number of fused-ring (bicyclic) bond motifs is 2. The Morgan fingerprint density at radius 1 is 0.708 bits per heavy atom. The summed E-state index contributed by atoms with van der Waals surface area (Å²) < 4.78 is 6.24. The Morgan fingerprint density at radius 2 is 1.38 bits per heavy atom. The summed E-state index contributed by atoms with van der Waals surface area (Å²) >= 11 is 0. The van der Waals surface area contributed by atoms with Crippen molar-refractivity contribution in [3.05, 3.63) is 64.2 Å². The molecule has 0 aliphatic heterocycles. The van der Waals surface area contributed by atoms with Crippen molar-refractivity contribution in [1.82, 2.24) is 4.98 Å². The van der Waals surface area contributed by atoms with E-state index in [-0.39, 0.29) is 0 Å². The lowest BCUT2D eigenvalue weighted by Crippen LogP contribution is -1.92. The summed E-state index contributed by atoms with van der Waals surface area (Å²) in [5.41, 5.74) is 9.20. The summed E-state index contributed by atoms with van der Waals surface area (Å²) in [6.45, 7) is 10.7. The van der Waals surface area contributed by atoms with Crippen LogP contribution in [0.2, 0.25) is 0 Å². The van der Waals surface area contributed by atoms with Crippen molar-refractivity contribution >= 4 is 21.9 Å². The number of oxazole rings is 1. The molecule has 4 rings (SSSR count). The molecule has 0 bridgehead atoms. The van der Waals surface area contributed by atoms with Gasteiger partial charge in [-0.05, 0) is 79.3 Å². The zero-order valence-corrected chi connectivity index (χ0v) is 14.8. The second-order valence-corrected chi connectivity index (χ2v) is 6.67. The molecule has 120 valence electrons. The predicted molar refractivity (Wildman–Crippen MR) is 101 cm³/mol. The first kappa shape index (κ1) is 14.9. The molecule has 0 amide bonds. The van der Waals surface area contributed by atoms with Crippen LogP contribution in [0.15, 0.2) is 40.8 Å². The van der Waals surface area contributed by atoms with Crippen LogP contribution >= 0.6 is 0 Å². The van der Waals surface area contributed by atoms with Gasteiger partial charge in [-0.3, -0.25) is 0 Å². The molecule has 2 nitrogen and oxygen atoms in total. The molecule has 0 spiro atoms. The van der Waals surface area contributed by atoms with Gasteiger partial charge < -0.3 is 4.42 Å². The number of hydrogen-bond donors (Lipinski definition) is 0. The molecule has 0 unspecified atom stereocenters. The number of aromatic nitrogens is 1. The fraction of sp³-hybridized carbons (Fsp3) is 0.227. The molecule has 24 heavy (non-hydrogen) atoms. The Balaban J connectivity index is 2.07. The topological polar surface area (TPSA) is 26.0 Å². The van der Waals surface area contributed by atoms with Crippen molar-refractivity contribution in [2.45, 2.75) is 34.6 Å². The Kier molecular flexibility index (Phi) is 3.24. The molecule has 0 N–H and O–H groups in total. The van der Waals surface area contributed by atoms with Gasteiger partial charge in [0.25, 0.3) is 0 Å². The van der Waals surface area contributed by atoms with Gasteiger partial charge in [-0.15, -0.1) is 0 Å². The van der Waals surface area contributed by atoms with Crippen LogP contribution in [0, 0.1) is 34.6 Å². The third-order valence-corrected chi connectivity index (χ3v) is 5.38. The lowest BCUT2D eigenvalue weighted by molar-refractivity contribution is 0.617. The van der Waals surface area contributed by atoms with Gasteiger partial charge in [-0.1, -0.05) is 30.3 Å². The van der Waals surface area contributed by atoms with Crippen molar-refractivity contribution in [2.75, 3.05) is 0 Å². The summed E-state index contributed by atoms with van der Waals surface area (Å²) in [5, 5.41) is 2.44. The molecule has 1 heterocycles. The molecule has 0 aliphatic carbocycles. The summed E-state index contributed by atoms with van der Waals surface area (Å²) in [6.07, 6.45) is 0. The molecule has 1 aromatic heterocycles. The molecule has 0 aliphatic rings. The van der Waals surface area contributed by atoms with E-state index in [1.54, 1.807) is 0 Å². The zero-order valence-electron chi connectivity index (χ0n) is 14.8. The third-order valence-electron chi connectivity index (χ3n) is 5.38. The van der Waals surface area contributed by atoms with E-state index in [2.05, 4.69) is 71.0 Å². The van der Waals surface area contributed by atoms with E-state index in [1.807, 2.05) is 0 Å². The van der Waals surface area contributed by atoms with Crippen LogP contribution in [0.3, 0.4) is 0 Å². The lowest BCUT2D eigenvalue weighted by Gasteiger charge is -2.08. The molecule has 3 aromatic carbocycles. The molecule has 0 fully saturated rings. The summed E-state index contributed by atoms with van der Waals surface area (Å²) in [5.74, 6) is 0.706. The van der Waals surface area contributed by atoms with Gasteiger partial charge in [0.1, 0.15) is 5.52 Å². The molecule has 2 heteroatoms. The molecule has 0 saturated heterocycles. The van der Waals surface area contributed by atoms with Crippen LogP contribution < -0.4 is 0 Å². The van der Waals surface area contributed by atoms with Crippen molar-refractivity contribution in [3.8, 4) is 11.5 Å². The van der Waals surface area contributed by atoms with E-state index in [0.29, 0.717) is 5.89 Å². The fourth-order valence-electron chi connectivity index (χ4n) is 3.49. The monoisotopic (exact) mass is 315 g/mol. The van der Waals surface area contributed by atoms with E-state index in [0.717, 1.165) is 16.7 Å². The van der Waals surface area contributed by atoms with Gasteiger partial charge in [0.05, 0.1) is 0 Å². The van der Waals surface area contributed by atoms with Crippen LogP contribution in [0.25, 0.3) is 33.3 Å².